The zero-order valence-corrected chi connectivity index (χ0v) is 5.96. The highest BCUT2D eigenvalue weighted by atomic mass is 19.4. The van der Waals surface area contributed by atoms with Crippen LogP contribution in [0, 0.1) is 5.41 Å². The maximum absolute atomic E-state index is 12.1. The molecule has 2 nitrogen and oxygen atoms in total. The lowest BCUT2D eigenvalue weighted by atomic mass is 9.89. The van der Waals surface area contributed by atoms with Gasteiger partial charge in [0.25, 0.3) is 0 Å². The summed E-state index contributed by atoms with van der Waals surface area (Å²) >= 11 is 0. The van der Waals surface area contributed by atoms with E-state index in [-0.39, 0.29) is 6.54 Å². The monoisotopic (exact) mass is 167 g/mol. The van der Waals surface area contributed by atoms with E-state index in [9.17, 15) is 18.0 Å². The lowest BCUT2D eigenvalue weighted by Crippen LogP contribution is -2.36. The molecule has 1 amide bonds. The molecule has 64 valence electrons. The highest BCUT2D eigenvalue weighted by molar-refractivity contribution is 5.79. The van der Waals surface area contributed by atoms with E-state index < -0.39 is 23.9 Å². The summed E-state index contributed by atoms with van der Waals surface area (Å²) in [6, 6.07) is 0. The molecule has 0 aromatic carbocycles. The molecule has 1 rings (SSSR count). The van der Waals surface area contributed by atoms with Gasteiger partial charge in [0.05, 0.1) is 5.41 Å². The highest BCUT2D eigenvalue weighted by Crippen LogP contribution is 2.42. The third kappa shape index (κ3) is 1.32. The van der Waals surface area contributed by atoms with Gasteiger partial charge in [-0.25, -0.2) is 0 Å². The van der Waals surface area contributed by atoms with Crippen molar-refractivity contribution in [2.75, 3.05) is 6.54 Å². The third-order valence-electron chi connectivity index (χ3n) is 1.91. The van der Waals surface area contributed by atoms with Crippen LogP contribution >= 0.6 is 0 Å². The van der Waals surface area contributed by atoms with E-state index in [0.29, 0.717) is 0 Å². The molecule has 1 fully saturated rings. The molecular formula is C6H8F3NO. The summed E-state index contributed by atoms with van der Waals surface area (Å²) in [5.41, 5.74) is -1.86. The second kappa shape index (κ2) is 2.12. The van der Waals surface area contributed by atoms with Gasteiger partial charge < -0.3 is 5.32 Å². The van der Waals surface area contributed by atoms with Crippen molar-refractivity contribution in [1.82, 2.24) is 5.32 Å². The highest BCUT2D eigenvalue weighted by Gasteiger charge is 2.54. The Morgan fingerprint density at radius 1 is 1.55 bits per heavy atom. The van der Waals surface area contributed by atoms with Crippen molar-refractivity contribution in [1.29, 1.82) is 0 Å². The quantitative estimate of drug-likeness (QED) is 0.574. The molecule has 0 spiro atoms. The molecule has 11 heavy (non-hydrogen) atoms. The number of alkyl halides is 3. The van der Waals surface area contributed by atoms with Crippen LogP contribution in [-0.2, 0) is 4.79 Å². The van der Waals surface area contributed by atoms with E-state index in [1.165, 1.54) is 0 Å². The number of amides is 1. The van der Waals surface area contributed by atoms with Crippen molar-refractivity contribution < 1.29 is 18.0 Å². The Balaban J connectivity index is 2.77. The average Bonchev–Trinajstić information content (AvgIpc) is 2.10. The SMILES string of the molecule is CC1(C(F)(F)F)CNC(=O)C1. The fourth-order valence-corrected chi connectivity index (χ4v) is 0.973. The van der Waals surface area contributed by atoms with Crippen LogP contribution in [0.2, 0.25) is 0 Å². The molecule has 5 heteroatoms. The van der Waals surface area contributed by atoms with Crippen molar-refractivity contribution in [3.63, 3.8) is 0 Å². The Bertz CT molecular complexity index is 189. The van der Waals surface area contributed by atoms with Crippen molar-refractivity contribution in [2.45, 2.75) is 19.5 Å². The van der Waals surface area contributed by atoms with Gasteiger partial charge in [0, 0.05) is 13.0 Å². The van der Waals surface area contributed by atoms with Crippen molar-refractivity contribution in [2.24, 2.45) is 5.41 Å². The van der Waals surface area contributed by atoms with Crippen molar-refractivity contribution >= 4 is 5.91 Å². The molecule has 0 bridgehead atoms. The zero-order valence-electron chi connectivity index (χ0n) is 5.96. The van der Waals surface area contributed by atoms with Crippen LogP contribution in [0.25, 0.3) is 0 Å². The van der Waals surface area contributed by atoms with E-state index in [1.54, 1.807) is 0 Å². The normalized spacial score (nSPS) is 32.2. The summed E-state index contributed by atoms with van der Waals surface area (Å²) in [4.78, 5) is 10.5. The maximum Gasteiger partial charge on any atom is 0.396 e. The fraction of sp³-hybridized carbons (Fsp3) is 0.833. The second-order valence-electron chi connectivity index (χ2n) is 3.01. The predicted octanol–water partition coefficient (Wildman–Crippen LogP) is 1.07. The van der Waals surface area contributed by atoms with E-state index in [0.717, 1.165) is 6.92 Å². The van der Waals surface area contributed by atoms with Crippen molar-refractivity contribution in [3.05, 3.63) is 0 Å². The summed E-state index contributed by atoms with van der Waals surface area (Å²) in [7, 11) is 0. The van der Waals surface area contributed by atoms with Gasteiger partial charge in [-0.2, -0.15) is 13.2 Å². The Morgan fingerprint density at radius 2 is 2.09 bits per heavy atom. The van der Waals surface area contributed by atoms with Crippen LogP contribution in [0.3, 0.4) is 0 Å². The van der Waals surface area contributed by atoms with E-state index in [2.05, 4.69) is 5.32 Å². The van der Waals surface area contributed by atoms with E-state index in [1.807, 2.05) is 0 Å². The minimum Gasteiger partial charge on any atom is -0.355 e. The summed E-state index contributed by atoms with van der Waals surface area (Å²) in [6.07, 6.45) is -4.73. The standard InChI is InChI=1S/C6H8F3NO/c1-5(6(7,8)9)2-4(11)10-3-5/h2-3H2,1H3,(H,10,11). The molecule has 0 aromatic heterocycles. The first-order valence-electron chi connectivity index (χ1n) is 3.19. The number of hydrogen-bond acceptors (Lipinski definition) is 1. The van der Waals surface area contributed by atoms with Crippen molar-refractivity contribution in [3.8, 4) is 0 Å². The van der Waals surface area contributed by atoms with Gasteiger partial charge in [-0.05, 0) is 6.92 Å². The second-order valence-corrected chi connectivity index (χ2v) is 3.01. The van der Waals surface area contributed by atoms with Gasteiger partial charge in [0.15, 0.2) is 0 Å². The first-order valence-corrected chi connectivity index (χ1v) is 3.19. The summed E-state index contributed by atoms with van der Waals surface area (Å²) < 4.78 is 36.4. The van der Waals surface area contributed by atoms with Gasteiger partial charge in [-0.1, -0.05) is 0 Å². The maximum atomic E-state index is 12.1. The number of nitrogens with one attached hydrogen (secondary N) is 1. The topological polar surface area (TPSA) is 29.1 Å². The van der Waals surface area contributed by atoms with Crippen LogP contribution in [-0.4, -0.2) is 18.6 Å². The molecule has 0 aliphatic carbocycles. The van der Waals surface area contributed by atoms with Crippen LogP contribution in [0.4, 0.5) is 13.2 Å². The lowest BCUT2D eigenvalue weighted by Gasteiger charge is -2.24. The molecule has 1 aliphatic rings. The third-order valence-corrected chi connectivity index (χ3v) is 1.91. The summed E-state index contributed by atoms with van der Waals surface area (Å²) in [6.45, 7) is 0.750. The summed E-state index contributed by atoms with van der Waals surface area (Å²) in [5.74, 6) is -0.523. The first kappa shape index (κ1) is 8.36. The smallest absolute Gasteiger partial charge is 0.355 e. The van der Waals surface area contributed by atoms with Gasteiger partial charge in [0.2, 0.25) is 5.91 Å². The van der Waals surface area contributed by atoms with Gasteiger partial charge in [-0.15, -0.1) is 0 Å². The fourth-order valence-electron chi connectivity index (χ4n) is 0.973. The average molecular weight is 167 g/mol. The van der Waals surface area contributed by atoms with E-state index in [4.69, 9.17) is 0 Å². The Labute approximate surface area is 61.8 Å². The minimum absolute atomic E-state index is 0.296. The molecule has 1 saturated heterocycles. The van der Waals surface area contributed by atoms with Gasteiger partial charge >= 0.3 is 6.18 Å². The number of carbonyl (C=O) groups excluding carboxylic acids is 1. The van der Waals surface area contributed by atoms with Crippen LogP contribution < -0.4 is 5.32 Å². The number of halogens is 3. The van der Waals surface area contributed by atoms with Crippen LogP contribution in [0.5, 0.6) is 0 Å². The first-order chi connectivity index (χ1) is 4.85. The Morgan fingerprint density at radius 3 is 2.27 bits per heavy atom. The molecule has 0 radical (unpaired) electrons. The van der Waals surface area contributed by atoms with Gasteiger partial charge in [-0.3, -0.25) is 4.79 Å². The number of hydrogen-bond donors (Lipinski definition) is 1. The molecule has 1 atom stereocenters. The number of carbonyl (C=O) groups is 1. The van der Waals surface area contributed by atoms with Crippen LogP contribution in [0.1, 0.15) is 13.3 Å². The van der Waals surface area contributed by atoms with Gasteiger partial charge in [0.1, 0.15) is 0 Å². The molecule has 1 unspecified atom stereocenters. The molecule has 1 N–H and O–H groups in total. The Hall–Kier alpha value is -0.740. The number of rotatable bonds is 0. The molecule has 0 aromatic rings. The largest absolute Gasteiger partial charge is 0.396 e. The van der Waals surface area contributed by atoms with E-state index >= 15 is 0 Å². The Kier molecular flexibility index (Phi) is 1.61. The molecule has 1 aliphatic heterocycles. The molecule has 0 saturated carbocycles. The summed E-state index contributed by atoms with van der Waals surface area (Å²) in [5, 5.41) is 2.16. The van der Waals surface area contributed by atoms with Crippen LogP contribution in [0.15, 0.2) is 0 Å². The predicted molar refractivity (Wildman–Crippen MR) is 31.8 cm³/mol. The zero-order chi connectivity index (χ0) is 8.70. The molecular weight excluding hydrogens is 159 g/mol. The lowest BCUT2D eigenvalue weighted by molar-refractivity contribution is -0.210. The minimum atomic E-state index is -4.29. The molecule has 1 heterocycles.